The molecule has 0 aliphatic carbocycles. The maximum absolute atomic E-state index is 13.0. The Balaban J connectivity index is 1.98. The third kappa shape index (κ3) is 3.51. The van der Waals surface area contributed by atoms with Crippen molar-refractivity contribution in [2.24, 2.45) is 0 Å². The predicted octanol–water partition coefficient (Wildman–Crippen LogP) is 4.59. The lowest BCUT2D eigenvalue weighted by Crippen LogP contribution is -2.31. The lowest BCUT2D eigenvalue weighted by atomic mass is 10.1. The fourth-order valence-corrected chi connectivity index (χ4v) is 2.69. The summed E-state index contributed by atoms with van der Waals surface area (Å²) in [4.78, 5) is 18.8. The molecule has 3 aromatic rings. The van der Waals surface area contributed by atoms with Crippen molar-refractivity contribution in [1.29, 1.82) is 0 Å². The molecule has 23 heavy (non-hydrogen) atoms. The van der Waals surface area contributed by atoms with Crippen LogP contribution in [0, 0.1) is 6.92 Å². The zero-order valence-electron chi connectivity index (χ0n) is 12.6. The van der Waals surface area contributed by atoms with Crippen molar-refractivity contribution in [2.75, 3.05) is 4.90 Å². The average molecular weight is 371 g/mol. The lowest BCUT2D eigenvalue weighted by Gasteiger charge is -2.19. The van der Waals surface area contributed by atoms with Crippen LogP contribution in [0.1, 0.15) is 21.6 Å². The molecule has 0 aliphatic rings. The van der Waals surface area contributed by atoms with E-state index in [0.29, 0.717) is 18.1 Å². The Morgan fingerprint density at radius 3 is 2.48 bits per heavy atom. The zero-order chi connectivity index (χ0) is 16.2. The highest BCUT2D eigenvalue weighted by molar-refractivity contribution is 9.10. The van der Waals surface area contributed by atoms with Gasteiger partial charge in [0.15, 0.2) is 0 Å². The van der Waals surface area contributed by atoms with E-state index < -0.39 is 0 Å². The third-order valence-electron chi connectivity index (χ3n) is 3.37. The van der Waals surface area contributed by atoms with Crippen LogP contribution in [0.25, 0.3) is 0 Å². The SMILES string of the molecule is Cc1coc(N(Cc2ccccc2)C(=O)c2ccccc2Br)n1. The Morgan fingerprint density at radius 2 is 1.83 bits per heavy atom. The van der Waals surface area contributed by atoms with Gasteiger partial charge in [-0.25, -0.2) is 0 Å². The van der Waals surface area contributed by atoms with E-state index in [-0.39, 0.29) is 5.91 Å². The van der Waals surface area contributed by atoms with Gasteiger partial charge in [0.1, 0.15) is 6.26 Å². The van der Waals surface area contributed by atoms with Gasteiger partial charge in [-0.2, -0.15) is 4.98 Å². The van der Waals surface area contributed by atoms with Gasteiger partial charge in [0.25, 0.3) is 5.91 Å². The molecular weight excluding hydrogens is 356 g/mol. The number of aryl methyl sites for hydroxylation is 1. The minimum Gasteiger partial charge on any atom is -0.431 e. The molecule has 0 bridgehead atoms. The first-order valence-corrected chi connectivity index (χ1v) is 7.97. The van der Waals surface area contributed by atoms with Crippen molar-refractivity contribution >= 4 is 27.9 Å². The number of carbonyl (C=O) groups excluding carboxylic acids is 1. The number of hydrogen-bond acceptors (Lipinski definition) is 3. The molecule has 5 heteroatoms. The van der Waals surface area contributed by atoms with Gasteiger partial charge in [-0.05, 0) is 40.5 Å². The monoisotopic (exact) mass is 370 g/mol. The number of carbonyl (C=O) groups is 1. The van der Waals surface area contributed by atoms with Gasteiger partial charge in [0, 0.05) is 4.47 Å². The molecule has 4 nitrogen and oxygen atoms in total. The molecule has 0 saturated carbocycles. The summed E-state index contributed by atoms with van der Waals surface area (Å²) < 4.78 is 6.20. The van der Waals surface area contributed by atoms with Gasteiger partial charge in [0.05, 0.1) is 17.8 Å². The van der Waals surface area contributed by atoms with Crippen LogP contribution in [-0.2, 0) is 6.54 Å². The number of aromatic nitrogens is 1. The van der Waals surface area contributed by atoms with E-state index in [2.05, 4.69) is 20.9 Å². The first kappa shape index (κ1) is 15.5. The summed E-state index contributed by atoms with van der Waals surface area (Å²) in [6.07, 6.45) is 1.54. The van der Waals surface area contributed by atoms with Gasteiger partial charge in [-0.1, -0.05) is 42.5 Å². The van der Waals surface area contributed by atoms with Crippen molar-refractivity contribution in [1.82, 2.24) is 4.98 Å². The highest BCUT2D eigenvalue weighted by atomic mass is 79.9. The topological polar surface area (TPSA) is 46.3 Å². The summed E-state index contributed by atoms with van der Waals surface area (Å²) in [7, 11) is 0. The number of oxazole rings is 1. The number of rotatable bonds is 4. The van der Waals surface area contributed by atoms with Crippen molar-refractivity contribution in [3.63, 3.8) is 0 Å². The van der Waals surface area contributed by atoms with E-state index in [0.717, 1.165) is 15.7 Å². The van der Waals surface area contributed by atoms with E-state index >= 15 is 0 Å². The number of anilines is 1. The summed E-state index contributed by atoms with van der Waals surface area (Å²) in [6, 6.07) is 17.4. The van der Waals surface area contributed by atoms with Crippen LogP contribution in [-0.4, -0.2) is 10.9 Å². The summed E-state index contributed by atoms with van der Waals surface area (Å²) in [6.45, 7) is 2.22. The largest absolute Gasteiger partial charge is 0.431 e. The van der Waals surface area contributed by atoms with E-state index in [4.69, 9.17) is 4.42 Å². The molecule has 0 saturated heterocycles. The van der Waals surface area contributed by atoms with E-state index in [1.54, 1.807) is 17.2 Å². The first-order valence-electron chi connectivity index (χ1n) is 7.17. The molecule has 0 radical (unpaired) electrons. The Morgan fingerprint density at radius 1 is 1.13 bits per heavy atom. The second-order valence-electron chi connectivity index (χ2n) is 5.13. The van der Waals surface area contributed by atoms with Crippen molar-refractivity contribution < 1.29 is 9.21 Å². The minimum absolute atomic E-state index is 0.164. The predicted molar refractivity (Wildman–Crippen MR) is 92.3 cm³/mol. The summed E-state index contributed by atoms with van der Waals surface area (Å²) in [5.74, 6) is -0.164. The lowest BCUT2D eigenvalue weighted by molar-refractivity contribution is 0.0979. The second kappa shape index (κ2) is 6.79. The number of amides is 1. The van der Waals surface area contributed by atoms with E-state index in [1.807, 2.05) is 55.5 Å². The Labute approximate surface area is 142 Å². The number of hydrogen-bond donors (Lipinski definition) is 0. The van der Waals surface area contributed by atoms with Crippen LogP contribution in [0.3, 0.4) is 0 Å². The van der Waals surface area contributed by atoms with E-state index in [9.17, 15) is 4.79 Å². The van der Waals surface area contributed by atoms with Gasteiger partial charge in [0.2, 0.25) is 0 Å². The molecule has 1 aromatic heterocycles. The van der Waals surface area contributed by atoms with Gasteiger partial charge in [-0.3, -0.25) is 9.69 Å². The van der Waals surface area contributed by atoms with Crippen LogP contribution >= 0.6 is 15.9 Å². The molecule has 1 heterocycles. The van der Waals surface area contributed by atoms with Gasteiger partial charge in [-0.15, -0.1) is 0 Å². The molecule has 0 fully saturated rings. The smallest absolute Gasteiger partial charge is 0.304 e. The van der Waals surface area contributed by atoms with Crippen molar-refractivity contribution in [2.45, 2.75) is 13.5 Å². The van der Waals surface area contributed by atoms with E-state index in [1.165, 1.54) is 0 Å². The fraction of sp³-hybridized carbons (Fsp3) is 0.111. The first-order chi connectivity index (χ1) is 11.1. The molecule has 0 N–H and O–H groups in total. The maximum atomic E-state index is 13.0. The van der Waals surface area contributed by atoms with Crippen LogP contribution in [0.5, 0.6) is 0 Å². The molecule has 2 aromatic carbocycles. The molecule has 0 aliphatic heterocycles. The second-order valence-corrected chi connectivity index (χ2v) is 5.98. The Bertz CT molecular complexity index is 815. The Hall–Kier alpha value is -2.40. The third-order valence-corrected chi connectivity index (χ3v) is 4.06. The maximum Gasteiger partial charge on any atom is 0.304 e. The minimum atomic E-state index is -0.164. The van der Waals surface area contributed by atoms with Crippen LogP contribution in [0.2, 0.25) is 0 Å². The number of halogens is 1. The Kier molecular flexibility index (Phi) is 4.57. The molecule has 0 unspecified atom stereocenters. The van der Waals surface area contributed by atoms with Crippen LogP contribution < -0.4 is 4.90 Å². The highest BCUT2D eigenvalue weighted by Gasteiger charge is 2.23. The fourth-order valence-electron chi connectivity index (χ4n) is 2.24. The molecular formula is C18H15BrN2O2. The van der Waals surface area contributed by atoms with Gasteiger partial charge < -0.3 is 4.42 Å². The molecule has 0 spiro atoms. The van der Waals surface area contributed by atoms with Crippen molar-refractivity contribution in [3.8, 4) is 0 Å². The number of nitrogens with zero attached hydrogens (tertiary/aromatic N) is 2. The molecule has 3 rings (SSSR count). The van der Waals surface area contributed by atoms with Gasteiger partial charge >= 0.3 is 6.01 Å². The summed E-state index contributed by atoms with van der Waals surface area (Å²) in [5.41, 5.74) is 2.31. The zero-order valence-corrected chi connectivity index (χ0v) is 14.2. The molecule has 1 amide bonds. The van der Waals surface area contributed by atoms with Crippen molar-refractivity contribution in [3.05, 3.63) is 82.2 Å². The standard InChI is InChI=1S/C18H15BrN2O2/c1-13-12-23-18(20-13)21(11-14-7-3-2-4-8-14)17(22)15-9-5-6-10-16(15)19/h2-10,12H,11H2,1H3. The summed E-state index contributed by atoms with van der Waals surface area (Å²) in [5, 5.41) is 0. The van der Waals surface area contributed by atoms with Crippen LogP contribution in [0.15, 0.2) is 69.8 Å². The van der Waals surface area contributed by atoms with Crippen LogP contribution in [0.4, 0.5) is 6.01 Å². The molecule has 0 atom stereocenters. The number of benzene rings is 2. The molecule has 116 valence electrons. The average Bonchev–Trinajstić information content (AvgIpc) is 3.00. The highest BCUT2D eigenvalue weighted by Crippen LogP contribution is 2.23. The normalized spacial score (nSPS) is 10.5. The quantitative estimate of drug-likeness (QED) is 0.674. The summed E-state index contributed by atoms with van der Waals surface area (Å²) >= 11 is 3.43.